The molecule has 1 aromatic rings. The van der Waals surface area contributed by atoms with E-state index >= 15 is 0 Å². The van der Waals surface area contributed by atoms with Gasteiger partial charge in [-0.25, -0.2) is 0 Å². The van der Waals surface area contributed by atoms with E-state index < -0.39 is 0 Å². The second kappa shape index (κ2) is 2.90. The van der Waals surface area contributed by atoms with Crippen molar-refractivity contribution >= 4 is 11.6 Å². The van der Waals surface area contributed by atoms with Gasteiger partial charge >= 0.3 is 0 Å². The highest BCUT2D eigenvalue weighted by atomic mass is 35.5. The van der Waals surface area contributed by atoms with Crippen molar-refractivity contribution in [1.29, 1.82) is 0 Å². The maximum absolute atomic E-state index is 5.69. The molecule has 10 heavy (non-hydrogen) atoms. The largest absolute Gasteiger partial charge is 0.410 e. The summed E-state index contributed by atoms with van der Waals surface area (Å²) in [7, 11) is 0. The molecular weight excluding hydrogens is 150 g/mol. The molecule has 1 rings (SSSR count). The maximum atomic E-state index is 5.69. The molecular formula is C7H8ClNO. The van der Waals surface area contributed by atoms with E-state index in [0.29, 0.717) is 10.8 Å². The highest BCUT2D eigenvalue weighted by molar-refractivity contribution is 6.32. The molecule has 0 fully saturated rings. The van der Waals surface area contributed by atoms with Crippen molar-refractivity contribution in [2.75, 3.05) is 0 Å². The zero-order valence-electron chi connectivity index (χ0n) is 5.60. The average molecular weight is 158 g/mol. The Morgan fingerprint density at radius 2 is 2.20 bits per heavy atom. The number of nitrogens with two attached hydrogens (primary N) is 1. The first kappa shape index (κ1) is 7.38. The first-order chi connectivity index (χ1) is 4.74. The zero-order chi connectivity index (χ0) is 7.56. The number of aryl methyl sites for hydroxylation is 1. The summed E-state index contributed by atoms with van der Waals surface area (Å²) in [6.45, 7) is 1.94. The van der Waals surface area contributed by atoms with E-state index in [1.165, 1.54) is 0 Å². The van der Waals surface area contributed by atoms with Crippen LogP contribution in [0.15, 0.2) is 18.2 Å². The van der Waals surface area contributed by atoms with Gasteiger partial charge in [0.2, 0.25) is 0 Å². The molecule has 54 valence electrons. The molecule has 0 aliphatic heterocycles. The van der Waals surface area contributed by atoms with Crippen LogP contribution in [0.2, 0.25) is 5.02 Å². The molecule has 0 radical (unpaired) electrons. The smallest absolute Gasteiger partial charge is 0.165 e. The quantitative estimate of drug-likeness (QED) is 0.632. The predicted molar refractivity (Wildman–Crippen MR) is 41.0 cm³/mol. The standard InChI is InChI=1S/C7H8ClNO/c1-5-2-3-6(8)7(4-5)10-9/h2-4H,9H2,1H3. The minimum Gasteiger partial charge on any atom is -0.410 e. The van der Waals surface area contributed by atoms with Gasteiger partial charge in [-0.05, 0) is 24.6 Å². The maximum Gasteiger partial charge on any atom is 0.165 e. The lowest BCUT2D eigenvalue weighted by Gasteiger charge is -2.00. The molecule has 0 saturated heterocycles. The van der Waals surface area contributed by atoms with Gasteiger partial charge in [0.25, 0.3) is 0 Å². The van der Waals surface area contributed by atoms with Crippen LogP contribution < -0.4 is 10.7 Å². The van der Waals surface area contributed by atoms with E-state index in [0.717, 1.165) is 5.56 Å². The zero-order valence-corrected chi connectivity index (χ0v) is 6.35. The summed E-state index contributed by atoms with van der Waals surface area (Å²) in [6.07, 6.45) is 0. The van der Waals surface area contributed by atoms with Gasteiger partial charge < -0.3 is 4.84 Å². The van der Waals surface area contributed by atoms with Gasteiger partial charge in [-0.3, -0.25) is 0 Å². The van der Waals surface area contributed by atoms with Crippen LogP contribution in [0.25, 0.3) is 0 Å². The lowest BCUT2D eigenvalue weighted by Crippen LogP contribution is -2.02. The van der Waals surface area contributed by atoms with Crippen molar-refractivity contribution in [3.63, 3.8) is 0 Å². The van der Waals surface area contributed by atoms with E-state index in [2.05, 4.69) is 4.84 Å². The van der Waals surface area contributed by atoms with Gasteiger partial charge in [-0.1, -0.05) is 17.7 Å². The van der Waals surface area contributed by atoms with Crippen molar-refractivity contribution in [3.05, 3.63) is 28.8 Å². The van der Waals surface area contributed by atoms with E-state index in [9.17, 15) is 0 Å². The lowest BCUT2D eigenvalue weighted by molar-refractivity contribution is 0.334. The molecule has 0 heterocycles. The summed E-state index contributed by atoms with van der Waals surface area (Å²) in [6, 6.07) is 5.42. The number of benzene rings is 1. The SMILES string of the molecule is Cc1ccc(Cl)c(ON)c1. The third-order valence-electron chi connectivity index (χ3n) is 1.21. The van der Waals surface area contributed by atoms with E-state index in [1.807, 2.05) is 13.0 Å². The minimum absolute atomic E-state index is 0.515. The molecule has 3 heteroatoms. The third-order valence-corrected chi connectivity index (χ3v) is 1.53. The lowest BCUT2D eigenvalue weighted by atomic mass is 10.2. The number of halogens is 1. The molecule has 0 unspecified atom stereocenters. The monoisotopic (exact) mass is 157 g/mol. The Morgan fingerprint density at radius 1 is 1.50 bits per heavy atom. The second-order valence-corrected chi connectivity index (χ2v) is 2.46. The highest BCUT2D eigenvalue weighted by Crippen LogP contribution is 2.23. The van der Waals surface area contributed by atoms with E-state index in [4.69, 9.17) is 17.5 Å². The van der Waals surface area contributed by atoms with Crippen LogP contribution in [0.5, 0.6) is 5.75 Å². The Hall–Kier alpha value is -0.730. The Morgan fingerprint density at radius 3 is 2.70 bits per heavy atom. The van der Waals surface area contributed by atoms with Crippen LogP contribution in [0.1, 0.15) is 5.56 Å². The van der Waals surface area contributed by atoms with Crippen molar-refractivity contribution in [1.82, 2.24) is 0 Å². The van der Waals surface area contributed by atoms with Crippen LogP contribution in [-0.2, 0) is 0 Å². The van der Waals surface area contributed by atoms with Crippen molar-refractivity contribution in [3.8, 4) is 5.75 Å². The molecule has 0 bridgehead atoms. The van der Waals surface area contributed by atoms with Crippen molar-refractivity contribution < 1.29 is 4.84 Å². The molecule has 0 aliphatic rings. The number of rotatable bonds is 1. The van der Waals surface area contributed by atoms with Gasteiger partial charge in [-0.15, -0.1) is 0 Å². The van der Waals surface area contributed by atoms with E-state index in [-0.39, 0.29) is 0 Å². The Bertz CT molecular complexity index is 237. The summed E-state index contributed by atoms with van der Waals surface area (Å²) in [5, 5.41) is 0.535. The van der Waals surface area contributed by atoms with Crippen LogP contribution in [0.3, 0.4) is 0 Å². The van der Waals surface area contributed by atoms with Crippen molar-refractivity contribution in [2.24, 2.45) is 5.90 Å². The molecule has 0 aliphatic carbocycles. The van der Waals surface area contributed by atoms with Gasteiger partial charge in [-0.2, -0.15) is 5.90 Å². The Kier molecular flexibility index (Phi) is 2.14. The Labute approximate surface area is 64.5 Å². The predicted octanol–water partition coefficient (Wildman–Crippen LogP) is 1.90. The summed E-state index contributed by atoms with van der Waals surface area (Å²) < 4.78 is 0. The summed E-state index contributed by atoms with van der Waals surface area (Å²) >= 11 is 5.69. The van der Waals surface area contributed by atoms with Gasteiger partial charge in [0, 0.05) is 0 Å². The summed E-state index contributed by atoms with van der Waals surface area (Å²) in [4.78, 5) is 4.49. The number of hydrogen-bond acceptors (Lipinski definition) is 2. The molecule has 0 aromatic heterocycles. The van der Waals surface area contributed by atoms with Crippen LogP contribution >= 0.6 is 11.6 Å². The van der Waals surface area contributed by atoms with Gasteiger partial charge in [0.1, 0.15) is 0 Å². The van der Waals surface area contributed by atoms with Crippen molar-refractivity contribution in [2.45, 2.75) is 6.92 Å². The molecule has 2 N–H and O–H groups in total. The fraction of sp³-hybridized carbons (Fsp3) is 0.143. The molecule has 1 aromatic carbocycles. The molecule has 0 spiro atoms. The van der Waals surface area contributed by atoms with Gasteiger partial charge in [0.05, 0.1) is 5.02 Å². The molecule has 0 saturated carbocycles. The first-order valence-electron chi connectivity index (χ1n) is 2.87. The van der Waals surface area contributed by atoms with Gasteiger partial charge in [0.15, 0.2) is 5.75 Å². The summed E-state index contributed by atoms with van der Waals surface area (Å²) in [5.41, 5.74) is 1.07. The molecule has 0 amide bonds. The normalized spacial score (nSPS) is 9.50. The highest BCUT2D eigenvalue weighted by Gasteiger charge is 1.98. The molecule has 0 atom stereocenters. The first-order valence-corrected chi connectivity index (χ1v) is 3.24. The fourth-order valence-corrected chi connectivity index (χ4v) is 0.863. The van der Waals surface area contributed by atoms with Crippen LogP contribution in [-0.4, -0.2) is 0 Å². The number of hydrogen-bond donors (Lipinski definition) is 1. The van der Waals surface area contributed by atoms with E-state index in [1.54, 1.807) is 12.1 Å². The van der Waals surface area contributed by atoms with Crippen LogP contribution in [0, 0.1) is 6.92 Å². The van der Waals surface area contributed by atoms with Crippen LogP contribution in [0.4, 0.5) is 0 Å². The fourth-order valence-electron chi connectivity index (χ4n) is 0.701. The Balaban J connectivity index is 3.09. The average Bonchev–Trinajstić information content (AvgIpc) is 1.94. The molecule has 2 nitrogen and oxygen atoms in total. The topological polar surface area (TPSA) is 35.2 Å². The third kappa shape index (κ3) is 1.40. The minimum atomic E-state index is 0.515. The second-order valence-electron chi connectivity index (χ2n) is 2.05. The summed E-state index contributed by atoms with van der Waals surface area (Å²) in [5.74, 6) is 5.45.